The number of carbonyl (C=O) groups excluding carboxylic acids is 1. The topological polar surface area (TPSA) is 93.2 Å². The average Bonchev–Trinajstić information content (AvgIpc) is 3.11. The summed E-state index contributed by atoms with van der Waals surface area (Å²) in [6, 6.07) is 9.25. The van der Waals surface area contributed by atoms with E-state index in [0.717, 1.165) is 5.39 Å². The van der Waals surface area contributed by atoms with Gasteiger partial charge >= 0.3 is 0 Å². The van der Waals surface area contributed by atoms with Gasteiger partial charge < -0.3 is 14.8 Å². The predicted molar refractivity (Wildman–Crippen MR) is 79.1 cm³/mol. The lowest BCUT2D eigenvalue weighted by molar-refractivity contribution is 0.0343. The van der Waals surface area contributed by atoms with E-state index in [1.54, 1.807) is 20.0 Å². The summed E-state index contributed by atoms with van der Waals surface area (Å²) in [6.45, 7) is 1.59. The number of aromatic nitrogens is 3. The van der Waals surface area contributed by atoms with E-state index in [9.17, 15) is 9.90 Å². The number of nitrogens with zero attached hydrogens (tertiary/aromatic N) is 3. The quantitative estimate of drug-likeness (QED) is 0.755. The van der Waals surface area contributed by atoms with Crippen LogP contribution in [0.4, 0.5) is 0 Å². The van der Waals surface area contributed by atoms with Gasteiger partial charge in [-0.1, -0.05) is 23.4 Å². The number of amides is 1. The zero-order valence-electron chi connectivity index (χ0n) is 12.3. The number of hydrogen-bond acceptors (Lipinski definition) is 5. The first-order chi connectivity index (χ1) is 10.5. The maximum Gasteiger partial charge on any atom is 0.273 e. The Bertz CT molecular complexity index is 786. The summed E-state index contributed by atoms with van der Waals surface area (Å²) in [5.74, 6) is -0.00219. The number of hydrogen-bond donors (Lipinski definition) is 2. The van der Waals surface area contributed by atoms with Gasteiger partial charge in [0, 0.05) is 12.4 Å². The number of aryl methyl sites for hydroxylation is 1. The number of para-hydroxylation sites is 1. The van der Waals surface area contributed by atoms with Crippen LogP contribution in [0.15, 0.2) is 40.9 Å². The van der Waals surface area contributed by atoms with Crippen molar-refractivity contribution < 1.29 is 14.3 Å². The van der Waals surface area contributed by atoms with Gasteiger partial charge in [-0.15, -0.1) is 5.10 Å². The van der Waals surface area contributed by atoms with Crippen LogP contribution in [0.5, 0.6) is 0 Å². The van der Waals surface area contributed by atoms with Crippen molar-refractivity contribution in [2.45, 2.75) is 12.5 Å². The Balaban J connectivity index is 1.74. The first-order valence-electron chi connectivity index (χ1n) is 6.82. The van der Waals surface area contributed by atoms with Crippen LogP contribution < -0.4 is 5.32 Å². The largest absolute Gasteiger partial charge is 0.458 e. The Hall–Kier alpha value is -2.67. The molecule has 2 heterocycles. The standard InChI is InChI=1S/C15H16N4O3/c1-15(21,9-16-14(20)11-8-19(2)18-17-11)13-7-10-5-3-4-6-12(10)22-13/h3-8,21H,9H2,1-2H3,(H,16,20)/t15-/m0/s1. The second-order valence-corrected chi connectivity index (χ2v) is 5.38. The van der Waals surface area contributed by atoms with Crippen molar-refractivity contribution in [3.05, 3.63) is 48.0 Å². The molecule has 0 aliphatic carbocycles. The van der Waals surface area contributed by atoms with Gasteiger partial charge in [-0.25, -0.2) is 0 Å². The minimum Gasteiger partial charge on any atom is -0.458 e. The molecule has 0 bridgehead atoms. The van der Waals surface area contributed by atoms with Crippen LogP contribution >= 0.6 is 0 Å². The monoisotopic (exact) mass is 300 g/mol. The average molecular weight is 300 g/mol. The molecule has 2 aromatic heterocycles. The molecule has 3 aromatic rings. The highest BCUT2D eigenvalue weighted by molar-refractivity contribution is 5.91. The molecular formula is C15H16N4O3. The van der Waals surface area contributed by atoms with Crippen molar-refractivity contribution in [3.8, 4) is 0 Å². The Kier molecular flexibility index (Phi) is 3.42. The van der Waals surface area contributed by atoms with Gasteiger partial charge in [0.15, 0.2) is 5.69 Å². The lowest BCUT2D eigenvalue weighted by Crippen LogP contribution is -2.38. The number of nitrogens with one attached hydrogen (secondary N) is 1. The Morgan fingerprint density at radius 2 is 2.23 bits per heavy atom. The lowest BCUT2D eigenvalue weighted by atomic mass is 10.0. The highest BCUT2D eigenvalue weighted by Crippen LogP contribution is 2.27. The van der Waals surface area contributed by atoms with Crippen LogP contribution in [0.1, 0.15) is 23.2 Å². The summed E-state index contributed by atoms with van der Waals surface area (Å²) in [6.07, 6.45) is 1.51. The molecule has 22 heavy (non-hydrogen) atoms. The summed E-state index contributed by atoms with van der Waals surface area (Å²) in [7, 11) is 1.67. The normalized spacial score (nSPS) is 14.0. The van der Waals surface area contributed by atoms with Gasteiger partial charge in [-0.3, -0.25) is 9.48 Å². The molecule has 1 atom stereocenters. The van der Waals surface area contributed by atoms with Crippen molar-refractivity contribution in [1.29, 1.82) is 0 Å². The van der Waals surface area contributed by atoms with Crippen molar-refractivity contribution in [2.75, 3.05) is 6.54 Å². The number of aliphatic hydroxyl groups is 1. The zero-order chi connectivity index (χ0) is 15.7. The first kappa shape index (κ1) is 14.3. The first-order valence-corrected chi connectivity index (χ1v) is 6.82. The smallest absolute Gasteiger partial charge is 0.273 e. The molecule has 1 aromatic carbocycles. The third-order valence-corrected chi connectivity index (χ3v) is 3.38. The Morgan fingerprint density at radius 1 is 1.45 bits per heavy atom. The van der Waals surface area contributed by atoms with Crippen LogP contribution in [-0.4, -0.2) is 32.6 Å². The number of furan rings is 1. The third-order valence-electron chi connectivity index (χ3n) is 3.38. The van der Waals surface area contributed by atoms with E-state index in [4.69, 9.17) is 4.42 Å². The molecule has 0 fully saturated rings. The van der Waals surface area contributed by atoms with Gasteiger partial charge in [0.1, 0.15) is 16.9 Å². The fraction of sp³-hybridized carbons (Fsp3) is 0.267. The summed E-state index contributed by atoms with van der Waals surface area (Å²) in [5, 5.41) is 21.5. The van der Waals surface area contributed by atoms with E-state index in [2.05, 4.69) is 15.6 Å². The van der Waals surface area contributed by atoms with Crippen LogP contribution in [0.25, 0.3) is 11.0 Å². The number of rotatable bonds is 4. The number of fused-ring (bicyclic) bond motifs is 1. The van der Waals surface area contributed by atoms with E-state index in [-0.39, 0.29) is 12.2 Å². The zero-order valence-corrected chi connectivity index (χ0v) is 12.3. The van der Waals surface area contributed by atoms with E-state index in [1.807, 2.05) is 24.3 Å². The fourth-order valence-electron chi connectivity index (χ4n) is 2.13. The Labute approximate surface area is 126 Å². The Morgan fingerprint density at radius 3 is 2.91 bits per heavy atom. The molecule has 114 valence electrons. The molecule has 7 heteroatoms. The molecule has 1 amide bonds. The maximum absolute atomic E-state index is 11.9. The van der Waals surface area contributed by atoms with Crippen molar-refractivity contribution in [3.63, 3.8) is 0 Å². The highest BCUT2D eigenvalue weighted by Gasteiger charge is 2.28. The minimum absolute atomic E-state index is 0.00221. The third kappa shape index (κ3) is 2.71. The fourth-order valence-corrected chi connectivity index (χ4v) is 2.13. The molecule has 0 aliphatic rings. The van der Waals surface area contributed by atoms with Crippen LogP contribution in [0, 0.1) is 0 Å². The molecule has 7 nitrogen and oxygen atoms in total. The van der Waals surface area contributed by atoms with E-state index in [0.29, 0.717) is 11.3 Å². The summed E-state index contributed by atoms with van der Waals surface area (Å²) in [5.41, 5.74) is -0.433. The molecule has 2 N–H and O–H groups in total. The molecule has 0 aliphatic heterocycles. The lowest BCUT2D eigenvalue weighted by Gasteiger charge is -2.20. The molecule has 0 spiro atoms. The van der Waals surface area contributed by atoms with E-state index < -0.39 is 11.5 Å². The van der Waals surface area contributed by atoms with Crippen LogP contribution in [0.3, 0.4) is 0 Å². The van der Waals surface area contributed by atoms with Crippen LogP contribution in [-0.2, 0) is 12.6 Å². The minimum atomic E-state index is -1.32. The van der Waals surface area contributed by atoms with Gasteiger partial charge in [0.05, 0.1) is 12.7 Å². The molecule has 0 radical (unpaired) electrons. The van der Waals surface area contributed by atoms with Gasteiger partial charge in [0.2, 0.25) is 0 Å². The summed E-state index contributed by atoms with van der Waals surface area (Å²) < 4.78 is 7.08. The van der Waals surface area contributed by atoms with Gasteiger partial charge in [0.25, 0.3) is 5.91 Å². The maximum atomic E-state index is 11.9. The van der Waals surface area contributed by atoms with E-state index >= 15 is 0 Å². The molecule has 3 rings (SSSR count). The summed E-state index contributed by atoms with van der Waals surface area (Å²) in [4.78, 5) is 11.9. The SMILES string of the molecule is Cn1cc(C(=O)NC[C@](C)(O)c2cc3ccccc3o2)nn1. The second-order valence-electron chi connectivity index (χ2n) is 5.38. The molecule has 0 unspecified atom stereocenters. The molecule has 0 saturated heterocycles. The summed E-state index contributed by atoms with van der Waals surface area (Å²) >= 11 is 0. The predicted octanol–water partition coefficient (Wildman–Crippen LogP) is 1.20. The second kappa shape index (κ2) is 5.27. The van der Waals surface area contributed by atoms with Gasteiger partial charge in [-0.05, 0) is 19.1 Å². The molecular weight excluding hydrogens is 284 g/mol. The van der Waals surface area contributed by atoms with Crippen LogP contribution in [0.2, 0.25) is 0 Å². The number of benzene rings is 1. The van der Waals surface area contributed by atoms with Crippen molar-refractivity contribution in [1.82, 2.24) is 20.3 Å². The number of carbonyl (C=O) groups is 1. The molecule has 0 saturated carbocycles. The highest BCUT2D eigenvalue weighted by atomic mass is 16.4. The van der Waals surface area contributed by atoms with Crippen molar-refractivity contribution >= 4 is 16.9 Å². The van der Waals surface area contributed by atoms with Crippen molar-refractivity contribution in [2.24, 2.45) is 7.05 Å². The van der Waals surface area contributed by atoms with E-state index in [1.165, 1.54) is 10.9 Å². The van der Waals surface area contributed by atoms with Gasteiger partial charge in [-0.2, -0.15) is 0 Å².